The molecule has 0 atom stereocenters. The SMILES string of the molecule is CCCCCCCCCCCC(=O)OCC(Br)(COC(=O)CCCCCCCCCCC)[N+](=O)[O-]. The Balaban J connectivity index is 3.93. The van der Waals surface area contributed by atoms with Crippen LogP contribution in [0.25, 0.3) is 0 Å². The molecule has 0 heterocycles. The van der Waals surface area contributed by atoms with Gasteiger partial charge in [0, 0.05) is 33.7 Å². The highest BCUT2D eigenvalue weighted by Gasteiger charge is 2.43. The summed E-state index contributed by atoms with van der Waals surface area (Å²) >= 11 is 3.01. The third-order valence-corrected chi connectivity index (χ3v) is 6.95. The van der Waals surface area contributed by atoms with Gasteiger partial charge in [-0.1, -0.05) is 117 Å². The molecule has 0 aromatic carbocycles. The molecule has 0 radical (unpaired) electrons. The third-order valence-electron chi connectivity index (χ3n) is 6.20. The highest BCUT2D eigenvalue weighted by molar-refractivity contribution is 9.10. The molecule has 0 unspecified atom stereocenters. The summed E-state index contributed by atoms with van der Waals surface area (Å²) in [5.41, 5.74) is 0. The van der Waals surface area contributed by atoms with Crippen molar-refractivity contribution in [2.45, 2.75) is 147 Å². The summed E-state index contributed by atoms with van der Waals surface area (Å²) in [7, 11) is 0. The van der Waals surface area contributed by atoms with E-state index in [-0.39, 0.29) is 12.8 Å². The van der Waals surface area contributed by atoms with Crippen LogP contribution in [-0.4, -0.2) is 34.5 Å². The van der Waals surface area contributed by atoms with Crippen molar-refractivity contribution >= 4 is 27.9 Å². The lowest BCUT2D eigenvalue weighted by atomic mass is 10.1. The van der Waals surface area contributed by atoms with Gasteiger partial charge in [0.2, 0.25) is 0 Å². The van der Waals surface area contributed by atoms with E-state index in [1.54, 1.807) is 0 Å². The van der Waals surface area contributed by atoms with E-state index in [4.69, 9.17) is 9.47 Å². The van der Waals surface area contributed by atoms with E-state index in [9.17, 15) is 19.7 Å². The normalized spacial score (nSPS) is 11.4. The van der Waals surface area contributed by atoms with Gasteiger partial charge in [-0.2, -0.15) is 0 Å². The van der Waals surface area contributed by atoms with Gasteiger partial charge in [0.25, 0.3) is 0 Å². The van der Waals surface area contributed by atoms with E-state index in [1.807, 2.05) is 0 Å². The molecule has 0 saturated carbocycles. The van der Waals surface area contributed by atoms with Gasteiger partial charge in [-0.3, -0.25) is 19.7 Å². The quantitative estimate of drug-likeness (QED) is 0.0276. The second-order valence-electron chi connectivity index (χ2n) is 9.65. The summed E-state index contributed by atoms with van der Waals surface area (Å²) < 4.78 is 8.42. The Kier molecular flexibility index (Phi) is 22.4. The van der Waals surface area contributed by atoms with E-state index in [2.05, 4.69) is 29.8 Å². The fraction of sp³-hybridized carbons (Fsp3) is 0.926. The van der Waals surface area contributed by atoms with Crippen molar-refractivity contribution in [2.75, 3.05) is 13.2 Å². The van der Waals surface area contributed by atoms with Crippen molar-refractivity contribution in [2.24, 2.45) is 0 Å². The van der Waals surface area contributed by atoms with Crippen LogP contribution in [0.1, 0.15) is 142 Å². The summed E-state index contributed by atoms with van der Waals surface area (Å²) in [5, 5.41) is 11.5. The number of hydrogen-bond acceptors (Lipinski definition) is 6. The monoisotopic (exact) mass is 563 g/mol. The number of halogens is 1. The Hall–Kier alpha value is -1.18. The Bertz CT molecular complexity index is 520. The molecule has 0 aromatic rings. The van der Waals surface area contributed by atoms with Crippen LogP contribution in [0, 0.1) is 10.1 Å². The summed E-state index contributed by atoms with van der Waals surface area (Å²) in [5.74, 6) is -0.917. The molecule has 0 amide bonds. The molecule has 0 saturated heterocycles. The van der Waals surface area contributed by atoms with Gasteiger partial charge in [0.1, 0.15) is 0 Å². The van der Waals surface area contributed by atoms with Crippen LogP contribution in [0.15, 0.2) is 0 Å². The van der Waals surface area contributed by atoms with Crippen LogP contribution in [0.5, 0.6) is 0 Å². The summed E-state index contributed by atoms with van der Waals surface area (Å²) in [4.78, 5) is 34.8. The maximum Gasteiger partial charge on any atom is 0.341 e. The molecule has 0 spiro atoms. The van der Waals surface area contributed by atoms with E-state index < -0.39 is 34.5 Å². The first-order valence-electron chi connectivity index (χ1n) is 14.0. The molecule has 0 N–H and O–H groups in total. The Morgan fingerprint density at radius 3 is 1.20 bits per heavy atom. The molecule has 0 rings (SSSR count). The van der Waals surface area contributed by atoms with Crippen molar-refractivity contribution in [1.29, 1.82) is 0 Å². The van der Waals surface area contributed by atoms with Crippen molar-refractivity contribution in [3.05, 3.63) is 10.1 Å². The number of esters is 2. The number of carbonyl (C=O) groups excluding carboxylic acids is 2. The van der Waals surface area contributed by atoms with E-state index >= 15 is 0 Å². The molecule has 0 aliphatic carbocycles. The highest BCUT2D eigenvalue weighted by Crippen LogP contribution is 2.21. The first-order valence-corrected chi connectivity index (χ1v) is 14.8. The molecule has 206 valence electrons. The van der Waals surface area contributed by atoms with Crippen LogP contribution in [-0.2, 0) is 19.1 Å². The van der Waals surface area contributed by atoms with Crippen LogP contribution >= 0.6 is 15.9 Å². The zero-order chi connectivity index (χ0) is 26.2. The van der Waals surface area contributed by atoms with Gasteiger partial charge in [0.05, 0.1) is 0 Å². The fourth-order valence-corrected chi connectivity index (χ4v) is 4.06. The minimum absolute atomic E-state index is 0.245. The minimum atomic E-state index is -1.81. The molecule has 0 aliphatic heterocycles. The second-order valence-corrected chi connectivity index (χ2v) is 11.1. The van der Waals surface area contributed by atoms with Crippen LogP contribution < -0.4 is 0 Å². The maximum atomic E-state index is 12.0. The van der Waals surface area contributed by atoms with Crippen LogP contribution in [0.4, 0.5) is 0 Å². The molecular weight excluding hydrogens is 514 g/mol. The number of rotatable bonds is 25. The number of ether oxygens (including phenoxy) is 2. The maximum absolute atomic E-state index is 12.0. The van der Waals surface area contributed by atoms with Crippen LogP contribution in [0.2, 0.25) is 0 Å². The van der Waals surface area contributed by atoms with Gasteiger partial charge >= 0.3 is 16.4 Å². The number of nitrogens with zero attached hydrogens (tertiary/aromatic N) is 1. The van der Waals surface area contributed by atoms with Gasteiger partial charge in [-0.05, 0) is 12.8 Å². The molecule has 0 fully saturated rings. The number of hydrogen-bond donors (Lipinski definition) is 0. The van der Waals surface area contributed by atoms with Crippen molar-refractivity contribution in [1.82, 2.24) is 0 Å². The lowest BCUT2D eigenvalue weighted by molar-refractivity contribution is -0.541. The molecule has 0 bridgehead atoms. The number of unbranched alkanes of at least 4 members (excludes halogenated alkanes) is 16. The smallest absolute Gasteiger partial charge is 0.341 e. The predicted octanol–water partition coefficient (Wildman–Crippen LogP) is 8.28. The number of alkyl halides is 1. The first kappa shape index (κ1) is 33.8. The molecule has 7 nitrogen and oxygen atoms in total. The zero-order valence-electron chi connectivity index (χ0n) is 22.3. The first-order chi connectivity index (χ1) is 16.9. The van der Waals surface area contributed by atoms with E-state index in [0.29, 0.717) is 0 Å². The summed E-state index contributed by atoms with van der Waals surface area (Å²) in [6, 6.07) is 0. The average Bonchev–Trinajstić information content (AvgIpc) is 2.84. The Morgan fingerprint density at radius 1 is 0.629 bits per heavy atom. The second kappa shape index (κ2) is 23.2. The largest absolute Gasteiger partial charge is 0.457 e. The summed E-state index contributed by atoms with van der Waals surface area (Å²) in [6.45, 7) is 3.47. The van der Waals surface area contributed by atoms with Gasteiger partial charge in [-0.15, -0.1) is 0 Å². The Labute approximate surface area is 221 Å². The van der Waals surface area contributed by atoms with Gasteiger partial charge in [-0.25, -0.2) is 0 Å². The summed E-state index contributed by atoms with van der Waals surface area (Å²) in [6.07, 6.45) is 21.0. The van der Waals surface area contributed by atoms with Gasteiger partial charge in [0.15, 0.2) is 13.2 Å². The van der Waals surface area contributed by atoms with Crippen LogP contribution in [0.3, 0.4) is 0 Å². The van der Waals surface area contributed by atoms with Crippen molar-refractivity contribution in [3.8, 4) is 0 Å². The molecule has 8 heteroatoms. The topological polar surface area (TPSA) is 95.7 Å². The average molecular weight is 565 g/mol. The standard InChI is InChI=1S/C27H50BrNO6/c1-3-5-7-9-11-13-15-17-19-21-25(30)34-23-27(28,29(32)33)24-35-26(31)22-20-18-16-14-12-10-8-6-4-2/h3-24H2,1-2H3. The highest BCUT2D eigenvalue weighted by atomic mass is 79.9. The van der Waals surface area contributed by atoms with Crippen molar-refractivity contribution < 1.29 is 24.0 Å². The predicted molar refractivity (Wildman–Crippen MR) is 144 cm³/mol. The molecule has 35 heavy (non-hydrogen) atoms. The fourth-order valence-electron chi connectivity index (χ4n) is 3.83. The van der Waals surface area contributed by atoms with Gasteiger partial charge < -0.3 is 9.47 Å². The third kappa shape index (κ3) is 20.7. The van der Waals surface area contributed by atoms with E-state index in [1.165, 1.54) is 77.0 Å². The number of nitro groups is 1. The number of carbonyl (C=O) groups is 2. The lowest BCUT2D eigenvalue weighted by Crippen LogP contribution is -2.42. The molecule has 0 aromatic heterocycles. The Morgan fingerprint density at radius 2 is 0.914 bits per heavy atom. The van der Waals surface area contributed by atoms with E-state index in [0.717, 1.165) is 38.5 Å². The minimum Gasteiger partial charge on any atom is -0.457 e. The molecule has 0 aliphatic rings. The lowest BCUT2D eigenvalue weighted by Gasteiger charge is -2.18. The zero-order valence-corrected chi connectivity index (χ0v) is 23.9. The molecular formula is C27H50BrNO6. The van der Waals surface area contributed by atoms with Crippen molar-refractivity contribution in [3.63, 3.8) is 0 Å².